The van der Waals surface area contributed by atoms with E-state index in [2.05, 4.69) is 0 Å². The highest BCUT2D eigenvalue weighted by molar-refractivity contribution is 6.29. The molecule has 0 aromatic heterocycles. The zero-order valence-electron chi connectivity index (χ0n) is 38.7. The Morgan fingerprint density at radius 3 is 1.15 bits per heavy atom. The van der Waals surface area contributed by atoms with Crippen molar-refractivity contribution in [2.75, 3.05) is 53.5 Å². The smallest absolute Gasteiger partial charge is 0.467 e. The van der Waals surface area contributed by atoms with Gasteiger partial charge in [0.05, 0.1) is 14.2 Å². The normalized spacial score (nSPS) is 22.3. The highest BCUT2D eigenvalue weighted by Crippen LogP contribution is 2.38. The summed E-state index contributed by atoms with van der Waals surface area (Å²) in [5.41, 5.74) is -1.34. The minimum Gasteiger partial charge on any atom is -0.467 e. The van der Waals surface area contributed by atoms with Crippen molar-refractivity contribution < 1.29 is 75.7 Å². The van der Waals surface area contributed by atoms with Gasteiger partial charge in [0.2, 0.25) is 11.8 Å². The third kappa shape index (κ3) is 11.7. The van der Waals surface area contributed by atoms with Crippen molar-refractivity contribution in [3.05, 3.63) is 143 Å². The molecule has 0 bridgehead atoms. The van der Waals surface area contributed by atoms with Gasteiger partial charge in [0.25, 0.3) is 0 Å². The number of hydroxylamine groups is 10. The van der Waals surface area contributed by atoms with E-state index in [9.17, 15) is 37.5 Å². The lowest BCUT2D eigenvalue weighted by molar-refractivity contribution is -1.10. The molecule has 0 unspecified atom stereocenters. The molecule has 2 aliphatic heterocycles. The molecular formula is C50H58F2N4O12+2. The molecule has 0 spiro atoms. The van der Waals surface area contributed by atoms with Crippen LogP contribution in [0.4, 0.5) is 8.78 Å². The first kappa shape index (κ1) is 50.8. The second-order valence-corrected chi connectivity index (χ2v) is 17.1. The number of amides is 2. The molecule has 16 nitrogen and oxygen atoms in total. The highest BCUT2D eigenvalue weighted by Gasteiger charge is 2.58. The summed E-state index contributed by atoms with van der Waals surface area (Å²) in [5, 5.41) is 1.80. The number of quaternary nitrogens is 2. The Morgan fingerprint density at radius 1 is 0.515 bits per heavy atom. The SMILES string of the molecule is COC(=O)C1(N(OCc2ccccc2F)C(C)=O)CC[N+](CCc2ccccc2)(OC(=O)C(=O)O[N+]2(CCc3ccccc3)CCC(C(=O)OC)(N(OCc3ccccc3F)C(C)=O)CC2)CC1. The van der Waals surface area contributed by atoms with Crippen molar-refractivity contribution in [1.82, 2.24) is 10.1 Å². The Balaban J connectivity index is 1.26. The molecule has 0 N–H and O–H groups in total. The predicted octanol–water partition coefficient (Wildman–Crippen LogP) is 5.67. The lowest BCUT2D eigenvalue weighted by Crippen LogP contribution is -2.68. The first-order chi connectivity index (χ1) is 32.6. The van der Waals surface area contributed by atoms with Crippen LogP contribution in [0, 0.1) is 11.6 Å². The van der Waals surface area contributed by atoms with Gasteiger partial charge in [-0.15, -0.1) is 9.29 Å². The number of hydrogen-bond donors (Lipinski definition) is 0. The van der Waals surface area contributed by atoms with Gasteiger partial charge in [0, 0.05) is 63.5 Å². The van der Waals surface area contributed by atoms with Crippen LogP contribution in [-0.2, 0) is 83.6 Å². The van der Waals surface area contributed by atoms with Gasteiger partial charge in [0.1, 0.15) is 64.1 Å². The number of hydrogen-bond acceptors (Lipinski definition) is 12. The minimum absolute atomic E-state index is 0.0861. The largest absolute Gasteiger partial charge is 0.480 e. The maximum atomic E-state index is 14.6. The number of benzene rings is 4. The van der Waals surface area contributed by atoms with Crippen LogP contribution < -0.4 is 0 Å². The van der Waals surface area contributed by atoms with Crippen molar-refractivity contribution in [2.24, 2.45) is 0 Å². The number of piperidine rings is 2. The van der Waals surface area contributed by atoms with E-state index in [1.165, 1.54) is 64.5 Å². The van der Waals surface area contributed by atoms with Crippen LogP contribution in [0.1, 0.15) is 61.8 Å². The second kappa shape index (κ2) is 22.5. The highest BCUT2D eigenvalue weighted by atomic mass is 19.1. The molecule has 68 heavy (non-hydrogen) atoms. The van der Waals surface area contributed by atoms with Crippen molar-refractivity contribution >= 4 is 35.7 Å². The number of nitrogens with zero attached hydrogens (tertiary/aromatic N) is 4. The number of likely N-dealkylation sites (tertiary alicyclic amines) is 2. The van der Waals surface area contributed by atoms with Crippen LogP contribution in [0.5, 0.6) is 0 Å². The Hall–Kier alpha value is -6.60. The van der Waals surface area contributed by atoms with E-state index < -0.39 is 67.7 Å². The first-order valence-corrected chi connectivity index (χ1v) is 22.4. The summed E-state index contributed by atoms with van der Waals surface area (Å²) in [6.07, 6.45) is 0.176. The molecule has 362 valence electrons. The average Bonchev–Trinajstić information content (AvgIpc) is 3.35. The summed E-state index contributed by atoms with van der Waals surface area (Å²) in [5.74, 6) is -6.70. The van der Waals surface area contributed by atoms with Gasteiger partial charge >= 0.3 is 23.9 Å². The number of halogens is 2. The summed E-state index contributed by atoms with van der Waals surface area (Å²) in [4.78, 5) is 106. The number of methoxy groups -OCH3 is 2. The molecule has 2 heterocycles. The molecule has 0 radical (unpaired) electrons. The second-order valence-electron chi connectivity index (χ2n) is 17.1. The van der Waals surface area contributed by atoms with Gasteiger partial charge in [-0.25, -0.2) is 38.1 Å². The Morgan fingerprint density at radius 2 is 0.838 bits per heavy atom. The average molecular weight is 945 g/mol. The maximum absolute atomic E-state index is 14.6. The summed E-state index contributed by atoms with van der Waals surface area (Å²) in [6, 6.07) is 30.4. The van der Waals surface area contributed by atoms with Gasteiger partial charge in [0.15, 0.2) is 11.1 Å². The van der Waals surface area contributed by atoms with E-state index in [0.717, 1.165) is 21.3 Å². The fraction of sp³-hybridized carbons (Fsp3) is 0.400. The van der Waals surface area contributed by atoms with Crippen LogP contribution in [0.3, 0.4) is 0 Å². The van der Waals surface area contributed by atoms with E-state index in [0.29, 0.717) is 12.8 Å². The molecule has 2 saturated heterocycles. The molecule has 0 saturated carbocycles. The molecule has 4 aromatic carbocycles. The number of rotatable bonds is 18. The van der Waals surface area contributed by atoms with Gasteiger partial charge in [-0.2, -0.15) is 0 Å². The third-order valence-electron chi connectivity index (χ3n) is 12.8. The summed E-state index contributed by atoms with van der Waals surface area (Å²) >= 11 is 0. The standard InChI is InChI=1S/C50H58F2N4O12/c1-37(57)53(65-35-41-19-11-13-21-43(41)51)49(47(61)63-3)25-31-55(32-26-49,29-23-39-15-7-5-8-16-39)67-45(59)46(60)68-56(30-24-40-17-9-6-10-18-40)33-27-50(28-34-56,48(62)64-4)54(38(2)58)66-36-42-20-12-14-22-44(42)52/h5-22H,23-36H2,1-4H3/q+2. The molecule has 4 aromatic rings. The van der Waals surface area contributed by atoms with Gasteiger partial charge in [-0.3, -0.25) is 28.9 Å². The van der Waals surface area contributed by atoms with E-state index in [1.54, 1.807) is 12.1 Å². The molecule has 2 aliphatic rings. The Bertz CT molecular complexity index is 2240. The van der Waals surface area contributed by atoms with Crippen LogP contribution in [0.2, 0.25) is 0 Å². The monoisotopic (exact) mass is 944 g/mol. The number of ether oxygens (including phenoxy) is 2. The third-order valence-corrected chi connectivity index (χ3v) is 12.8. The summed E-state index contributed by atoms with van der Waals surface area (Å²) in [7, 11) is 2.34. The molecular weight excluding hydrogens is 887 g/mol. The van der Waals surface area contributed by atoms with Gasteiger partial charge < -0.3 is 9.47 Å². The molecule has 2 amide bonds. The quantitative estimate of drug-likeness (QED) is 0.0521. The van der Waals surface area contributed by atoms with E-state index in [4.69, 9.17) is 28.8 Å². The topological polar surface area (TPSA) is 164 Å². The van der Waals surface area contributed by atoms with Crippen molar-refractivity contribution in [3.8, 4) is 0 Å². The van der Waals surface area contributed by atoms with Crippen molar-refractivity contribution in [2.45, 2.75) is 76.7 Å². The molecule has 6 rings (SSSR count). The molecule has 18 heteroatoms. The Kier molecular flexibility index (Phi) is 16.8. The maximum Gasteiger partial charge on any atom is 0.480 e. The summed E-state index contributed by atoms with van der Waals surface area (Å²) in [6.45, 7) is 1.62. The van der Waals surface area contributed by atoms with Gasteiger partial charge in [-0.05, 0) is 23.3 Å². The lowest BCUT2D eigenvalue weighted by atomic mass is 9.86. The van der Waals surface area contributed by atoms with E-state index >= 15 is 0 Å². The first-order valence-electron chi connectivity index (χ1n) is 22.4. The van der Waals surface area contributed by atoms with Crippen LogP contribution in [0.15, 0.2) is 109 Å². The van der Waals surface area contributed by atoms with Gasteiger partial charge in [-0.1, -0.05) is 97.1 Å². The van der Waals surface area contributed by atoms with Crippen LogP contribution >= 0.6 is 0 Å². The Labute approximate surface area is 393 Å². The number of carbonyl (C=O) groups excluding carboxylic acids is 6. The molecule has 2 fully saturated rings. The minimum atomic E-state index is -1.72. The zero-order chi connectivity index (χ0) is 49.0. The van der Waals surface area contributed by atoms with Crippen molar-refractivity contribution in [3.63, 3.8) is 0 Å². The zero-order valence-corrected chi connectivity index (χ0v) is 38.7. The molecule has 0 aliphatic carbocycles. The van der Waals surface area contributed by atoms with Crippen LogP contribution in [0.25, 0.3) is 0 Å². The van der Waals surface area contributed by atoms with E-state index in [1.807, 2.05) is 60.7 Å². The van der Waals surface area contributed by atoms with Crippen LogP contribution in [-0.4, -0.2) is 120 Å². The fourth-order valence-corrected chi connectivity index (χ4v) is 9.02. The fourth-order valence-electron chi connectivity index (χ4n) is 9.02. The molecule has 0 atom stereocenters. The summed E-state index contributed by atoms with van der Waals surface area (Å²) < 4.78 is 38.8. The van der Waals surface area contributed by atoms with E-state index in [-0.39, 0.29) is 89.3 Å². The number of carbonyl (C=O) groups is 6. The number of esters is 2. The lowest BCUT2D eigenvalue weighted by Gasteiger charge is -2.47. The predicted molar refractivity (Wildman–Crippen MR) is 238 cm³/mol. The van der Waals surface area contributed by atoms with Crippen molar-refractivity contribution in [1.29, 1.82) is 0 Å².